The highest BCUT2D eigenvalue weighted by atomic mass is 32.1. The first-order valence-corrected chi connectivity index (χ1v) is 10.5. The van der Waals surface area contributed by atoms with E-state index in [9.17, 15) is 14.9 Å². The van der Waals surface area contributed by atoms with Gasteiger partial charge in [0, 0.05) is 23.2 Å². The van der Waals surface area contributed by atoms with Crippen LogP contribution in [-0.2, 0) is 0 Å². The smallest absolute Gasteiger partial charge is 0.272 e. The van der Waals surface area contributed by atoms with Gasteiger partial charge in [-0.2, -0.15) is 0 Å². The van der Waals surface area contributed by atoms with E-state index in [0.717, 1.165) is 17.8 Å². The van der Waals surface area contributed by atoms with Crippen molar-refractivity contribution in [2.75, 3.05) is 0 Å². The molecule has 0 saturated heterocycles. The number of nitrogens with zero attached hydrogens (tertiary/aromatic N) is 1. The molecular weight excluding hydrogens is 374 g/mol. The van der Waals surface area contributed by atoms with Crippen molar-refractivity contribution in [2.24, 2.45) is 23.2 Å². The number of amides is 1. The Hall–Kier alpha value is -2.02. The van der Waals surface area contributed by atoms with Gasteiger partial charge in [-0.25, -0.2) is 0 Å². The van der Waals surface area contributed by atoms with Crippen LogP contribution in [0.2, 0.25) is 0 Å². The molecule has 1 aromatic carbocycles. The van der Waals surface area contributed by atoms with Gasteiger partial charge in [-0.1, -0.05) is 0 Å². The normalized spacial score (nSPS) is 31.3. The van der Waals surface area contributed by atoms with Gasteiger partial charge in [-0.15, -0.1) is 0 Å². The Balaban J connectivity index is 1.38. The van der Waals surface area contributed by atoms with Crippen LogP contribution in [0, 0.1) is 40.2 Å². The first-order valence-electron chi connectivity index (χ1n) is 10.1. The summed E-state index contributed by atoms with van der Waals surface area (Å²) < 4.78 is 0. The number of aryl methyl sites for hydroxylation is 1. The van der Waals surface area contributed by atoms with Crippen molar-refractivity contribution in [3.8, 4) is 0 Å². The minimum atomic E-state index is -0.448. The molecule has 4 aliphatic carbocycles. The lowest BCUT2D eigenvalue weighted by Gasteiger charge is -2.59. The van der Waals surface area contributed by atoms with Crippen LogP contribution in [0.3, 0.4) is 0 Å². The quantitative estimate of drug-likeness (QED) is 0.451. The Labute approximate surface area is 170 Å². The average Bonchev–Trinajstić information content (AvgIpc) is 2.59. The molecule has 1 aromatic rings. The minimum absolute atomic E-state index is 0.00712. The van der Waals surface area contributed by atoms with E-state index in [4.69, 9.17) is 12.2 Å². The standard InChI is InChI=1S/C21H27N3O3S/c1-12-5-17(3-4-18(12)24(26)27)19(25)23-20(28)22-13(2)21-9-14-6-15(10-21)8-16(7-14)11-21/h3-5,13-16H,6-11H2,1-2H3,(H2,22,23,25,28)/t13-,14?,15?,16?,21?/m0/s1. The van der Waals surface area contributed by atoms with Crippen LogP contribution in [0.4, 0.5) is 5.69 Å². The van der Waals surface area contributed by atoms with E-state index in [0.29, 0.717) is 21.7 Å². The van der Waals surface area contributed by atoms with Gasteiger partial charge in [0.25, 0.3) is 11.6 Å². The molecular formula is C21H27N3O3S. The monoisotopic (exact) mass is 401 g/mol. The fraction of sp³-hybridized carbons (Fsp3) is 0.619. The predicted octanol–water partition coefficient (Wildman–Crippen LogP) is 4.11. The third-order valence-electron chi connectivity index (χ3n) is 7.23. The molecule has 4 bridgehead atoms. The van der Waals surface area contributed by atoms with Crippen molar-refractivity contribution < 1.29 is 9.72 Å². The molecule has 6 nitrogen and oxygen atoms in total. The van der Waals surface area contributed by atoms with Crippen molar-refractivity contribution >= 4 is 28.9 Å². The van der Waals surface area contributed by atoms with Crippen LogP contribution < -0.4 is 10.6 Å². The Morgan fingerprint density at radius 1 is 1.21 bits per heavy atom. The Morgan fingerprint density at radius 2 is 1.79 bits per heavy atom. The van der Waals surface area contributed by atoms with Gasteiger partial charge in [-0.3, -0.25) is 20.2 Å². The summed E-state index contributed by atoms with van der Waals surface area (Å²) in [6.07, 6.45) is 7.99. The molecule has 1 atom stereocenters. The summed E-state index contributed by atoms with van der Waals surface area (Å²) in [4.78, 5) is 23.0. The summed E-state index contributed by atoms with van der Waals surface area (Å²) in [5.74, 6) is 2.25. The topological polar surface area (TPSA) is 84.3 Å². The third-order valence-corrected chi connectivity index (χ3v) is 7.45. The van der Waals surface area contributed by atoms with Gasteiger partial charge >= 0.3 is 0 Å². The summed E-state index contributed by atoms with van der Waals surface area (Å²) in [6.45, 7) is 3.82. The number of benzene rings is 1. The largest absolute Gasteiger partial charge is 0.359 e. The number of nitrogens with one attached hydrogen (secondary N) is 2. The van der Waals surface area contributed by atoms with E-state index >= 15 is 0 Å². The number of nitro benzene ring substituents is 1. The molecule has 0 unspecified atom stereocenters. The molecule has 2 N–H and O–H groups in total. The summed E-state index contributed by atoms with van der Waals surface area (Å²) in [5.41, 5.74) is 1.13. The van der Waals surface area contributed by atoms with Crippen LogP contribution in [0.5, 0.6) is 0 Å². The lowest BCUT2D eigenvalue weighted by Crippen LogP contribution is -2.57. The second kappa shape index (κ2) is 7.10. The molecule has 0 aliphatic heterocycles. The number of nitro groups is 1. The van der Waals surface area contributed by atoms with Gasteiger partial charge in [0.05, 0.1) is 4.92 Å². The van der Waals surface area contributed by atoms with Crippen molar-refractivity contribution in [3.05, 3.63) is 39.4 Å². The molecule has 28 heavy (non-hydrogen) atoms. The molecule has 150 valence electrons. The van der Waals surface area contributed by atoms with Gasteiger partial charge in [0.15, 0.2) is 5.11 Å². The van der Waals surface area contributed by atoms with Crippen LogP contribution in [0.1, 0.15) is 61.4 Å². The third kappa shape index (κ3) is 3.52. The van der Waals surface area contributed by atoms with Gasteiger partial charge < -0.3 is 5.32 Å². The zero-order valence-electron chi connectivity index (χ0n) is 16.4. The minimum Gasteiger partial charge on any atom is -0.359 e. The Bertz CT molecular complexity index is 803. The molecule has 0 aromatic heterocycles. The van der Waals surface area contributed by atoms with Gasteiger partial charge in [0.2, 0.25) is 0 Å². The van der Waals surface area contributed by atoms with Crippen LogP contribution in [0.25, 0.3) is 0 Å². The average molecular weight is 402 g/mol. The van der Waals surface area contributed by atoms with Gasteiger partial charge in [0.1, 0.15) is 0 Å². The van der Waals surface area contributed by atoms with E-state index in [1.807, 2.05) is 0 Å². The Morgan fingerprint density at radius 3 is 2.29 bits per heavy atom. The summed E-state index contributed by atoms with van der Waals surface area (Å²) >= 11 is 5.41. The lowest BCUT2D eigenvalue weighted by atomic mass is 9.48. The molecule has 4 aliphatic rings. The van der Waals surface area contributed by atoms with Crippen molar-refractivity contribution in [1.29, 1.82) is 0 Å². The van der Waals surface area contributed by atoms with Crippen molar-refractivity contribution in [2.45, 2.75) is 58.4 Å². The van der Waals surface area contributed by atoms with E-state index in [1.54, 1.807) is 6.92 Å². The number of rotatable bonds is 4. The maximum absolute atomic E-state index is 12.5. The van der Waals surface area contributed by atoms with E-state index < -0.39 is 4.92 Å². The zero-order valence-corrected chi connectivity index (χ0v) is 17.2. The highest BCUT2D eigenvalue weighted by molar-refractivity contribution is 7.80. The molecule has 4 saturated carbocycles. The second-order valence-electron chi connectivity index (χ2n) is 9.19. The summed E-state index contributed by atoms with van der Waals surface area (Å²) in [7, 11) is 0. The number of hydrogen-bond donors (Lipinski definition) is 2. The van der Waals surface area contributed by atoms with Crippen LogP contribution >= 0.6 is 12.2 Å². The number of hydrogen-bond acceptors (Lipinski definition) is 4. The van der Waals surface area contributed by atoms with Crippen LogP contribution in [0.15, 0.2) is 18.2 Å². The zero-order chi connectivity index (χ0) is 20.1. The maximum Gasteiger partial charge on any atom is 0.272 e. The maximum atomic E-state index is 12.5. The number of carbonyl (C=O) groups excluding carboxylic acids is 1. The molecule has 0 radical (unpaired) electrons. The molecule has 7 heteroatoms. The highest BCUT2D eigenvalue weighted by Crippen LogP contribution is 2.61. The van der Waals surface area contributed by atoms with E-state index in [1.165, 1.54) is 56.7 Å². The molecule has 1 amide bonds. The highest BCUT2D eigenvalue weighted by Gasteiger charge is 2.53. The molecule has 4 fully saturated rings. The second-order valence-corrected chi connectivity index (χ2v) is 9.60. The molecule has 5 rings (SSSR count). The van der Waals surface area contributed by atoms with Crippen molar-refractivity contribution in [3.63, 3.8) is 0 Å². The van der Waals surface area contributed by atoms with Crippen LogP contribution in [-0.4, -0.2) is 22.0 Å². The fourth-order valence-electron chi connectivity index (χ4n) is 6.27. The summed E-state index contributed by atoms with van der Waals surface area (Å²) in [5, 5.41) is 17.4. The van der Waals surface area contributed by atoms with Gasteiger partial charge in [-0.05, 0) is 99.9 Å². The first-order chi connectivity index (χ1) is 13.3. The number of carbonyl (C=O) groups is 1. The molecule has 0 spiro atoms. The number of thiocarbonyl (C=S) groups is 1. The van der Waals surface area contributed by atoms with E-state index in [-0.39, 0.29) is 17.6 Å². The van der Waals surface area contributed by atoms with E-state index in [2.05, 4.69) is 17.6 Å². The SMILES string of the molecule is Cc1cc(C(=O)NC(=S)N[C@@H](C)C23CC4CC(CC(C4)C2)C3)ccc1[N+](=O)[O-]. The molecule has 0 heterocycles. The summed E-state index contributed by atoms with van der Waals surface area (Å²) in [6, 6.07) is 4.58. The van der Waals surface area contributed by atoms with Crippen molar-refractivity contribution in [1.82, 2.24) is 10.6 Å². The lowest BCUT2D eigenvalue weighted by molar-refractivity contribution is -0.385. The fourth-order valence-corrected chi connectivity index (χ4v) is 6.54. The predicted molar refractivity (Wildman–Crippen MR) is 111 cm³/mol. The first kappa shape index (κ1) is 19.3. The Kier molecular flexibility index (Phi) is 4.89.